The van der Waals surface area contributed by atoms with Gasteiger partial charge in [-0.2, -0.15) is 0 Å². The predicted molar refractivity (Wildman–Crippen MR) is 126 cm³/mol. The van der Waals surface area contributed by atoms with Crippen LogP contribution in [0.1, 0.15) is 17.5 Å². The lowest BCUT2D eigenvalue weighted by Gasteiger charge is -2.38. The van der Waals surface area contributed by atoms with E-state index in [-0.39, 0.29) is 23.9 Å². The van der Waals surface area contributed by atoms with Crippen molar-refractivity contribution in [2.45, 2.75) is 29.6 Å². The van der Waals surface area contributed by atoms with Gasteiger partial charge in [0.15, 0.2) is 9.84 Å². The molecule has 3 aromatic rings. The first-order chi connectivity index (χ1) is 16.0. The molecule has 1 aliphatic heterocycles. The number of ether oxygens (including phenoxy) is 2. The van der Waals surface area contributed by atoms with Crippen LogP contribution in [0.15, 0.2) is 83.8 Å². The van der Waals surface area contributed by atoms with E-state index in [0.29, 0.717) is 25.2 Å². The number of aryl methyl sites for hydroxylation is 1. The van der Waals surface area contributed by atoms with Crippen LogP contribution < -0.4 is 9.47 Å². The second-order valence-corrected chi connectivity index (χ2v) is 10.3. The minimum Gasteiger partial charge on any atom is -0.497 e. The molecule has 6 nitrogen and oxygen atoms in total. The number of carbonyl (C=O) groups excluding carboxylic acids is 1. The maximum atomic E-state index is 12.8. The second kappa shape index (κ2) is 10.1. The van der Waals surface area contributed by atoms with Crippen LogP contribution in [0.25, 0.3) is 0 Å². The van der Waals surface area contributed by atoms with Gasteiger partial charge in [-0.3, -0.25) is 4.79 Å². The Morgan fingerprint density at radius 1 is 0.909 bits per heavy atom. The van der Waals surface area contributed by atoms with Crippen molar-refractivity contribution in [1.29, 1.82) is 0 Å². The highest BCUT2D eigenvalue weighted by molar-refractivity contribution is 7.92. The fourth-order valence-corrected chi connectivity index (χ4v) is 5.39. The highest BCUT2D eigenvalue weighted by Gasteiger charge is 2.40. The van der Waals surface area contributed by atoms with Crippen molar-refractivity contribution in [1.82, 2.24) is 4.90 Å². The zero-order chi connectivity index (χ0) is 23.3. The number of hydrogen-bond donors (Lipinski definition) is 0. The van der Waals surface area contributed by atoms with E-state index in [2.05, 4.69) is 0 Å². The highest BCUT2D eigenvalue weighted by Crippen LogP contribution is 2.26. The molecule has 0 N–H and O–H groups in total. The van der Waals surface area contributed by atoms with Gasteiger partial charge in [-0.15, -0.1) is 0 Å². The molecule has 0 atom stereocenters. The summed E-state index contributed by atoms with van der Waals surface area (Å²) in [6.45, 7) is 0.946. The van der Waals surface area contributed by atoms with Crippen LogP contribution in [0.4, 0.5) is 0 Å². The van der Waals surface area contributed by atoms with Crippen molar-refractivity contribution in [3.05, 3.63) is 90.0 Å². The van der Waals surface area contributed by atoms with Crippen molar-refractivity contribution in [3.8, 4) is 11.5 Å². The molecule has 1 fully saturated rings. The van der Waals surface area contributed by atoms with Gasteiger partial charge >= 0.3 is 0 Å². The number of carbonyl (C=O) groups is 1. The fraction of sp³-hybridized carbons (Fsp3) is 0.269. The van der Waals surface area contributed by atoms with Gasteiger partial charge in [0.1, 0.15) is 23.4 Å². The summed E-state index contributed by atoms with van der Waals surface area (Å²) >= 11 is 0. The molecule has 1 amide bonds. The molecule has 172 valence electrons. The van der Waals surface area contributed by atoms with Gasteiger partial charge < -0.3 is 14.4 Å². The highest BCUT2D eigenvalue weighted by atomic mass is 32.2. The molecule has 7 heteroatoms. The molecule has 33 heavy (non-hydrogen) atoms. The number of hydrogen-bond acceptors (Lipinski definition) is 5. The quantitative estimate of drug-likeness (QED) is 0.479. The first-order valence-electron chi connectivity index (χ1n) is 10.9. The molecule has 0 spiro atoms. The summed E-state index contributed by atoms with van der Waals surface area (Å²) in [5.74, 6) is 1.33. The largest absolute Gasteiger partial charge is 0.497 e. The smallest absolute Gasteiger partial charge is 0.222 e. The van der Waals surface area contributed by atoms with Crippen LogP contribution in [0, 0.1) is 0 Å². The lowest BCUT2D eigenvalue weighted by molar-refractivity contribution is -0.134. The van der Waals surface area contributed by atoms with E-state index in [1.165, 1.54) is 7.11 Å². The van der Waals surface area contributed by atoms with Crippen LogP contribution in [-0.4, -0.2) is 44.7 Å². The molecule has 0 aromatic heterocycles. The van der Waals surface area contributed by atoms with Crippen molar-refractivity contribution >= 4 is 15.7 Å². The topological polar surface area (TPSA) is 72.9 Å². The summed E-state index contributed by atoms with van der Waals surface area (Å²) in [6, 6.07) is 24.0. The zero-order valence-electron chi connectivity index (χ0n) is 18.5. The number of sulfone groups is 1. The van der Waals surface area contributed by atoms with E-state index in [0.717, 1.165) is 16.9 Å². The molecule has 1 saturated heterocycles. The van der Waals surface area contributed by atoms with Gasteiger partial charge in [-0.1, -0.05) is 42.5 Å². The fourth-order valence-electron chi connectivity index (χ4n) is 3.74. The van der Waals surface area contributed by atoms with Gasteiger partial charge in [-0.05, 0) is 53.9 Å². The second-order valence-electron chi connectivity index (χ2n) is 8.06. The van der Waals surface area contributed by atoms with E-state index in [9.17, 15) is 13.2 Å². The number of nitrogens with zero attached hydrogens (tertiary/aromatic N) is 1. The van der Waals surface area contributed by atoms with Gasteiger partial charge in [0, 0.05) is 19.5 Å². The summed E-state index contributed by atoms with van der Waals surface area (Å²) in [7, 11) is -1.93. The third-order valence-electron chi connectivity index (χ3n) is 5.80. The monoisotopic (exact) mass is 465 g/mol. The third-order valence-corrected chi connectivity index (χ3v) is 7.91. The molecular formula is C26H27NO5S. The normalized spacial score (nSPS) is 13.9. The van der Waals surface area contributed by atoms with E-state index < -0.39 is 15.1 Å². The molecule has 3 aromatic carbocycles. The number of amides is 1. The minimum absolute atomic E-state index is 0.0354. The van der Waals surface area contributed by atoms with Gasteiger partial charge in [-0.25, -0.2) is 8.42 Å². The maximum absolute atomic E-state index is 12.8. The molecule has 0 aliphatic carbocycles. The van der Waals surface area contributed by atoms with Crippen LogP contribution in [0.3, 0.4) is 0 Å². The lowest BCUT2D eigenvalue weighted by Crippen LogP contribution is -2.56. The van der Waals surface area contributed by atoms with Gasteiger partial charge in [0.25, 0.3) is 0 Å². The molecule has 4 rings (SSSR count). The Morgan fingerprint density at radius 3 is 2.30 bits per heavy atom. The number of rotatable bonds is 9. The van der Waals surface area contributed by atoms with Gasteiger partial charge in [0.05, 0.1) is 12.0 Å². The molecular weight excluding hydrogens is 438 g/mol. The van der Waals surface area contributed by atoms with Crippen LogP contribution in [0.2, 0.25) is 0 Å². The Hall–Kier alpha value is -3.32. The zero-order valence-corrected chi connectivity index (χ0v) is 19.3. The molecule has 0 saturated carbocycles. The van der Waals surface area contributed by atoms with Crippen molar-refractivity contribution in [2.75, 3.05) is 20.2 Å². The average Bonchev–Trinajstić information content (AvgIpc) is 2.81. The predicted octanol–water partition coefficient (Wildman–Crippen LogP) is 3.89. The van der Waals surface area contributed by atoms with Crippen LogP contribution in [-0.2, 0) is 27.7 Å². The Morgan fingerprint density at radius 2 is 1.61 bits per heavy atom. The van der Waals surface area contributed by atoms with Crippen molar-refractivity contribution in [3.63, 3.8) is 0 Å². The maximum Gasteiger partial charge on any atom is 0.222 e. The Labute approximate surface area is 194 Å². The van der Waals surface area contributed by atoms with Crippen molar-refractivity contribution < 1.29 is 22.7 Å². The third kappa shape index (κ3) is 5.54. The summed E-state index contributed by atoms with van der Waals surface area (Å²) in [5, 5.41) is -0.565. The van der Waals surface area contributed by atoms with Gasteiger partial charge in [0.2, 0.25) is 5.91 Å². The van der Waals surface area contributed by atoms with E-state index in [4.69, 9.17) is 9.47 Å². The van der Waals surface area contributed by atoms with E-state index >= 15 is 0 Å². The number of likely N-dealkylation sites (tertiary alicyclic amines) is 1. The van der Waals surface area contributed by atoms with Crippen LogP contribution in [0.5, 0.6) is 11.5 Å². The SMILES string of the molecule is COc1ccc(S(=O)(=O)C2CN(C(=O)CCc3cccc(OCc4ccccc4)c3)C2)cc1. The number of benzene rings is 3. The van der Waals surface area contributed by atoms with Crippen LogP contribution >= 0.6 is 0 Å². The van der Waals surface area contributed by atoms with E-state index in [1.807, 2.05) is 54.6 Å². The summed E-state index contributed by atoms with van der Waals surface area (Å²) in [6.07, 6.45) is 0.908. The first-order valence-corrected chi connectivity index (χ1v) is 12.4. The molecule has 0 unspecified atom stereocenters. The van der Waals surface area contributed by atoms with E-state index in [1.54, 1.807) is 29.2 Å². The molecule has 1 aliphatic rings. The Balaban J connectivity index is 1.26. The summed E-state index contributed by atoms with van der Waals surface area (Å²) in [4.78, 5) is 14.4. The molecule has 0 radical (unpaired) electrons. The Kier molecular flexibility index (Phi) is 6.99. The Bertz CT molecular complexity index is 1190. The molecule has 0 bridgehead atoms. The summed E-state index contributed by atoms with van der Waals surface area (Å²) < 4.78 is 36.5. The minimum atomic E-state index is -3.46. The first kappa shape index (κ1) is 22.9. The molecule has 1 heterocycles. The lowest BCUT2D eigenvalue weighted by atomic mass is 10.1. The number of methoxy groups -OCH3 is 1. The average molecular weight is 466 g/mol. The summed E-state index contributed by atoms with van der Waals surface area (Å²) in [5.41, 5.74) is 2.10. The van der Waals surface area contributed by atoms with Crippen molar-refractivity contribution in [2.24, 2.45) is 0 Å². The standard InChI is InChI=1S/C26H27NO5S/c1-31-22-11-13-24(14-12-22)33(29,30)25-17-27(18-25)26(28)15-10-20-8-5-9-23(16-20)32-19-21-6-3-2-4-7-21/h2-9,11-14,16,25H,10,15,17-19H2,1H3.